The Morgan fingerprint density at radius 3 is 2.53 bits per heavy atom. The molecule has 30 heavy (non-hydrogen) atoms. The van der Waals surface area contributed by atoms with E-state index in [0.29, 0.717) is 54.2 Å². The van der Waals surface area contributed by atoms with E-state index >= 15 is 0 Å². The van der Waals surface area contributed by atoms with Crippen LogP contribution in [-0.4, -0.2) is 35.2 Å². The SMILES string of the molecule is CCCc1c(OCCCOc2ccc(Br)c(C=CC(=O)O)c2)ccc(C(C)=O)c1O. The van der Waals surface area contributed by atoms with Crippen LogP contribution in [0.5, 0.6) is 17.2 Å². The molecule has 0 aromatic heterocycles. The molecule has 2 aromatic rings. The van der Waals surface area contributed by atoms with Gasteiger partial charge in [-0.3, -0.25) is 4.79 Å². The number of carboxylic acids is 1. The first-order chi connectivity index (χ1) is 14.3. The molecule has 0 spiro atoms. The van der Waals surface area contributed by atoms with E-state index in [-0.39, 0.29) is 11.5 Å². The number of halogens is 1. The van der Waals surface area contributed by atoms with Gasteiger partial charge in [0.25, 0.3) is 0 Å². The first kappa shape index (κ1) is 23.5. The molecule has 0 atom stereocenters. The highest BCUT2D eigenvalue weighted by Gasteiger charge is 2.15. The lowest BCUT2D eigenvalue weighted by molar-refractivity contribution is -0.131. The molecule has 2 aromatic carbocycles. The van der Waals surface area contributed by atoms with Gasteiger partial charge in [0.1, 0.15) is 17.2 Å². The number of benzene rings is 2. The lowest BCUT2D eigenvalue weighted by Gasteiger charge is -2.15. The molecule has 2 rings (SSSR count). The van der Waals surface area contributed by atoms with Crippen LogP contribution < -0.4 is 9.47 Å². The van der Waals surface area contributed by atoms with Gasteiger partial charge in [-0.25, -0.2) is 4.79 Å². The molecule has 7 heteroatoms. The van der Waals surface area contributed by atoms with Crippen molar-refractivity contribution in [2.24, 2.45) is 0 Å². The number of hydrogen-bond acceptors (Lipinski definition) is 5. The van der Waals surface area contributed by atoms with E-state index in [1.807, 2.05) is 6.92 Å². The molecule has 0 saturated heterocycles. The highest BCUT2D eigenvalue weighted by molar-refractivity contribution is 9.10. The standard InChI is InChI=1S/C23H25BrO6/c1-3-5-19-21(10-8-18(15(2)25)23(19)28)30-13-4-12-29-17-7-9-20(24)16(14-17)6-11-22(26)27/h6-11,14,28H,3-5,12-13H2,1-2H3,(H,26,27). The number of aliphatic carboxylic acids is 1. The predicted octanol–water partition coefficient (Wildman–Crippen LogP) is 5.26. The maximum atomic E-state index is 11.6. The average molecular weight is 477 g/mol. The smallest absolute Gasteiger partial charge is 0.328 e. The van der Waals surface area contributed by atoms with Gasteiger partial charge in [-0.15, -0.1) is 0 Å². The second-order valence-corrected chi connectivity index (χ2v) is 7.50. The lowest BCUT2D eigenvalue weighted by Crippen LogP contribution is -2.07. The Morgan fingerprint density at radius 2 is 1.87 bits per heavy atom. The summed E-state index contributed by atoms with van der Waals surface area (Å²) in [5, 5.41) is 19.1. The van der Waals surface area contributed by atoms with Gasteiger partial charge in [0, 0.05) is 22.5 Å². The fraction of sp³-hybridized carbons (Fsp3) is 0.304. The highest BCUT2D eigenvalue weighted by atomic mass is 79.9. The molecule has 160 valence electrons. The van der Waals surface area contributed by atoms with E-state index in [1.54, 1.807) is 30.3 Å². The number of carbonyl (C=O) groups is 2. The Hall–Kier alpha value is -2.80. The summed E-state index contributed by atoms with van der Waals surface area (Å²) in [5.41, 5.74) is 1.66. The van der Waals surface area contributed by atoms with Crippen LogP contribution in [0.25, 0.3) is 6.08 Å². The number of phenols is 1. The molecule has 0 fully saturated rings. The Labute approximate surface area is 184 Å². The number of carbonyl (C=O) groups excluding carboxylic acids is 1. The van der Waals surface area contributed by atoms with Gasteiger partial charge in [0.2, 0.25) is 0 Å². The second-order valence-electron chi connectivity index (χ2n) is 6.65. The fourth-order valence-corrected chi connectivity index (χ4v) is 3.24. The largest absolute Gasteiger partial charge is 0.507 e. The summed E-state index contributed by atoms with van der Waals surface area (Å²) in [6.07, 6.45) is 4.60. The van der Waals surface area contributed by atoms with E-state index in [9.17, 15) is 14.7 Å². The maximum Gasteiger partial charge on any atom is 0.328 e. The number of rotatable bonds is 11. The molecule has 0 heterocycles. The molecule has 0 aliphatic carbocycles. The van der Waals surface area contributed by atoms with Gasteiger partial charge >= 0.3 is 5.97 Å². The van der Waals surface area contributed by atoms with Gasteiger partial charge in [-0.1, -0.05) is 29.3 Å². The molecule has 0 aliphatic rings. The molecule has 0 radical (unpaired) electrons. The molecule has 6 nitrogen and oxygen atoms in total. The van der Waals surface area contributed by atoms with Crippen LogP contribution in [0.2, 0.25) is 0 Å². The summed E-state index contributed by atoms with van der Waals surface area (Å²) in [6.45, 7) is 4.21. The fourth-order valence-electron chi connectivity index (χ4n) is 2.86. The second kappa shape index (κ2) is 11.4. The third-order valence-corrected chi connectivity index (χ3v) is 5.03. The minimum absolute atomic E-state index is 0.00472. The van der Waals surface area contributed by atoms with Crippen molar-refractivity contribution in [3.8, 4) is 17.2 Å². The van der Waals surface area contributed by atoms with Crippen LogP contribution in [0.1, 0.15) is 48.2 Å². The number of Topliss-reactive ketones (excluding diaryl/α,β-unsaturated/α-hetero) is 1. The van der Waals surface area contributed by atoms with Crippen molar-refractivity contribution < 1.29 is 29.3 Å². The van der Waals surface area contributed by atoms with Crippen molar-refractivity contribution in [2.45, 2.75) is 33.1 Å². The number of phenolic OH excluding ortho intramolecular Hbond substituents is 1. The summed E-state index contributed by atoms with van der Waals surface area (Å²) in [4.78, 5) is 22.3. The quantitative estimate of drug-likeness (QED) is 0.261. The van der Waals surface area contributed by atoms with E-state index in [2.05, 4.69) is 15.9 Å². The topological polar surface area (TPSA) is 93.1 Å². The van der Waals surface area contributed by atoms with Crippen molar-refractivity contribution in [3.63, 3.8) is 0 Å². The van der Waals surface area contributed by atoms with E-state index < -0.39 is 5.97 Å². The molecule has 0 aliphatic heterocycles. The average Bonchev–Trinajstić information content (AvgIpc) is 2.69. The van der Waals surface area contributed by atoms with E-state index in [0.717, 1.165) is 17.0 Å². The zero-order valence-corrected chi connectivity index (χ0v) is 18.6. The Kier molecular flexibility index (Phi) is 8.92. The van der Waals surface area contributed by atoms with Gasteiger partial charge in [0.05, 0.1) is 18.8 Å². The molecular formula is C23H25BrO6. The minimum atomic E-state index is -1.02. The number of aromatic hydroxyl groups is 1. The molecule has 0 saturated carbocycles. The Morgan fingerprint density at radius 1 is 1.13 bits per heavy atom. The number of hydrogen-bond donors (Lipinski definition) is 2. The maximum absolute atomic E-state index is 11.6. The van der Waals surface area contributed by atoms with Crippen LogP contribution in [0.4, 0.5) is 0 Å². The molecule has 0 amide bonds. The van der Waals surface area contributed by atoms with Gasteiger partial charge < -0.3 is 19.7 Å². The Bertz CT molecular complexity index is 936. The summed E-state index contributed by atoms with van der Waals surface area (Å²) in [5.74, 6) is -0.00980. The van der Waals surface area contributed by atoms with E-state index in [4.69, 9.17) is 14.6 Å². The normalized spacial score (nSPS) is 10.9. The molecule has 0 unspecified atom stereocenters. The minimum Gasteiger partial charge on any atom is -0.507 e. The van der Waals surface area contributed by atoms with Crippen molar-refractivity contribution in [1.29, 1.82) is 0 Å². The zero-order valence-electron chi connectivity index (χ0n) is 17.0. The first-order valence-electron chi connectivity index (χ1n) is 9.65. The number of carboxylic acid groups (broad SMARTS) is 1. The summed E-state index contributed by atoms with van der Waals surface area (Å²) in [6, 6.07) is 8.64. The summed E-state index contributed by atoms with van der Waals surface area (Å²) in [7, 11) is 0. The van der Waals surface area contributed by atoms with Crippen molar-refractivity contribution in [3.05, 3.63) is 57.6 Å². The third-order valence-electron chi connectivity index (χ3n) is 4.31. The van der Waals surface area contributed by atoms with Gasteiger partial charge in [-0.05, 0) is 55.3 Å². The Balaban J connectivity index is 1.93. The van der Waals surface area contributed by atoms with Crippen molar-refractivity contribution in [2.75, 3.05) is 13.2 Å². The third kappa shape index (κ3) is 6.62. The molecule has 2 N–H and O–H groups in total. The molecule has 0 bridgehead atoms. The van der Waals surface area contributed by atoms with Crippen molar-refractivity contribution in [1.82, 2.24) is 0 Å². The van der Waals surface area contributed by atoms with Crippen LogP contribution in [-0.2, 0) is 11.2 Å². The molecular weight excluding hydrogens is 452 g/mol. The predicted molar refractivity (Wildman–Crippen MR) is 119 cm³/mol. The van der Waals surface area contributed by atoms with E-state index in [1.165, 1.54) is 13.0 Å². The van der Waals surface area contributed by atoms with Gasteiger partial charge in [-0.2, -0.15) is 0 Å². The summed E-state index contributed by atoms with van der Waals surface area (Å²) < 4.78 is 12.3. The van der Waals surface area contributed by atoms with Crippen molar-refractivity contribution >= 4 is 33.8 Å². The van der Waals surface area contributed by atoms with Crippen LogP contribution in [0.3, 0.4) is 0 Å². The van der Waals surface area contributed by atoms with Crippen LogP contribution in [0.15, 0.2) is 40.9 Å². The van der Waals surface area contributed by atoms with Crippen LogP contribution in [0, 0.1) is 0 Å². The number of ether oxygens (including phenoxy) is 2. The summed E-state index contributed by atoms with van der Waals surface area (Å²) >= 11 is 3.38. The first-order valence-corrected chi connectivity index (χ1v) is 10.4. The lowest BCUT2D eigenvalue weighted by atomic mass is 10.0. The highest BCUT2D eigenvalue weighted by Crippen LogP contribution is 2.33. The van der Waals surface area contributed by atoms with Gasteiger partial charge in [0.15, 0.2) is 5.78 Å². The van der Waals surface area contributed by atoms with Crippen LogP contribution >= 0.6 is 15.9 Å². The monoisotopic (exact) mass is 476 g/mol. The zero-order chi connectivity index (χ0) is 22.1. The number of ketones is 1.